The van der Waals surface area contributed by atoms with Gasteiger partial charge in [-0.2, -0.15) is 5.10 Å². The Bertz CT molecular complexity index is 1410. The first-order chi connectivity index (χ1) is 16.1. The molecule has 4 aromatic rings. The minimum Gasteiger partial charge on any atom is -0.496 e. The van der Waals surface area contributed by atoms with Crippen LogP contribution in [0.25, 0.3) is 27.9 Å². The molecular formula is C25H28ClN7O. The van der Waals surface area contributed by atoms with Gasteiger partial charge in [0.2, 0.25) is 0 Å². The standard InChI is InChI=1S/C25H28ClN7O/c1-13-19(26)11-18(15(3)33-25-22(14(2)31-33)24(27)29-12-30-25)23(34-7)21(13)17-8-9-28-20(10-17)16(4)32(5)6/h8-12,15H,4H2,1-3,5-7H3,(H2,27,29,30). The Balaban J connectivity index is 1.93. The van der Waals surface area contributed by atoms with Crippen LogP contribution in [0.2, 0.25) is 5.02 Å². The molecule has 0 amide bonds. The maximum absolute atomic E-state index is 6.76. The number of pyridine rings is 1. The third-order valence-corrected chi connectivity index (χ3v) is 6.50. The maximum Gasteiger partial charge on any atom is 0.164 e. The van der Waals surface area contributed by atoms with Gasteiger partial charge in [0.1, 0.15) is 17.9 Å². The number of anilines is 1. The zero-order valence-electron chi connectivity index (χ0n) is 20.2. The minimum absolute atomic E-state index is 0.240. The number of methoxy groups -OCH3 is 1. The molecule has 1 aromatic carbocycles. The number of nitrogen functional groups attached to an aromatic ring is 1. The van der Waals surface area contributed by atoms with Gasteiger partial charge in [-0.3, -0.25) is 4.98 Å². The van der Waals surface area contributed by atoms with Gasteiger partial charge < -0.3 is 15.4 Å². The normalized spacial score (nSPS) is 12.1. The quantitative estimate of drug-likeness (QED) is 0.422. The first-order valence-electron chi connectivity index (χ1n) is 10.8. The molecule has 2 N–H and O–H groups in total. The fraction of sp³-hybridized carbons (Fsp3) is 0.280. The first-order valence-corrected chi connectivity index (χ1v) is 11.2. The zero-order chi connectivity index (χ0) is 24.7. The van der Waals surface area contributed by atoms with Crippen molar-refractivity contribution in [2.45, 2.75) is 26.8 Å². The summed E-state index contributed by atoms with van der Waals surface area (Å²) in [6, 6.07) is 5.64. The van der Waals surface area contributed by atoms with Crippen molar-refractivity contribution < 1.29 is 4.74 Å². The minimum atomic E-state index is -0.240. The molecule has 3 heterocycles. The van der Waals surface area contributed by atoms with Crippen LogP contribution in [-0.4, -0.2) is 50.8 Å². The van der Waals surface area contributed by atoms with Crippen molar-refractivity contribution in [3.63, 3.8) is 0 Å². The van der Waals surface area contributed by atoms with Gasteiger partial charge in [-0.1, -0.05) is 18.2 Å². The predicted molar refractivity (Wildman–Crippen MR) is 137 cm³/mol. The van der Waals surface area contributed by atoms with Gasteiger partial charge in [-0.25, -0.2) is 14.6 Å². The van der Waals surface area contributed by atoms with Crippen LogP contribution in [0, 0.1) is 13.8 Å². The summed E-state index contributed by atoms with van der Waals surface area (Å²) in [6.07, 6.45) is 3.22. The number of ether oxygens (including phenoxy) is 1. The number of hydrogen-bond acceptors (Lipinski definition) is 7. The van der Waals surface area contributed by atoms with E-state index in [9.17, 15) is 0 Å². The van der Waals surface area contributed by atoms with Crippen LogP contribution in [0.4, 0.5) is 5.82 Å². The van der Waals surface area contributed by atoms with Gasteiger partial charge in [0.25, 0.3) is 0 Å². The van der Waals surface area contributed by atoms with Crippen molar-refractivity contribution in [1.29, 1.82) is 0 Å². The second-order valence-corrected chi connectivity index (χ2v) is 8.82. The van der Waals surface area contributed by atoms with Gasteiger partial charge in [0, 0.05) is 36.4 Å². The Morgan fingerprint density at radius 2 is 1.94 bits per heavy atom. The number of benzene rings is 1. The molecule has 0 aliphatic heterocycles. The van der Waals surface area contributed by atoms with Gasteiger partial charge >= 0.3 is 0 Å². The highest BCUT2D eigenvalue weighted by atomic mass is 35.5. The Labute approximate surface area is 204 Å². The molecule has 176 valence electrons. The van der Waals surface area contributed by atoms with Crippen LogP contribution < -0.4 is 10.5 Å². The third-order valence-electron chi connectivity index (χ3n) is 6.10. The fourth-order valence-electron chi connectivity index (χ4n) is 4.17. The lowest BCUT2D eigenvalue weighted by Crippen LogP contribution is -2.12. The second kappa shape index (κ2) is 8.95. The van der Waals surface area contributed by atoms with Gasteiger partial charge in [0.05, 0.1) is 35.6 Å². The summed E-state index contributed by atoms with van der Waals surface area (Å²) in [4.78, 5) is 15.0. The van der Waals surface area contributed by atoms with E-state index in [1.54, 1.807) is 13.3 Å². The third kappa shape index (κ3) is 3.84. The van der Waals surface area contributed by atoms with Crippen LogP contribution in [0.1, 0.15) is 35.5 Å². The molecule has 0 saturated heterocycles. The van der Waals surface area contributed by atoms with Crippen LogP contribution >= 0.6 is 11.6 Å². The molecule has 8 nitrogen and oxygen atoms in total. The topological polar surface area (TPSA) is 95.0 Å². The van der Waals surface area contributed by atoms with Gasteiger partial charge in [0.15, 0.2) is 5.65 Å². The maximum atomic E-state index is 6.76. The van der Waals surface area contributed by atoms with Crippen molar-refractivity contribution >= 4 is 34.1 Å². The summed E-state index contributed by atoms with van der Waals surface area (Å²) in [5, 5.41) is 6.09. The predicted octanol–water partition coefficient (Wildman–Crippen LogP) is 4.89. The molecule has 0 spiro atoms. The van der Waals surface area contributed by atoms with Crippen LogP contribution in [0.5, 0.6) is 5.75 Å². The van der Waals surface area contributed by atoms with E-state index in [-0.39, 0.29) is 6.04 Å². The Morgan fingerprint density at radius 3 is 2.62 bits per heavy atom. The van der Waals surface area contributed by atoms with Crippen LogP contribution in [0.3, 0.4) is 0 Å². The van der Waals surface area contributed by atoms with Crippen molar-refractivity contribution in [1.82, 2.24) is 29.6 Å². The van der Waals surface area contributed by atoms with Crippen LogP contribution in [-0.2, 0) is 0 Å². The summed E-state index contributed by atoms with van der Waals surface area (Å²) in [6.45, 7) is 10.0. The van der Waals surface area contributed by atoms with E-state index in [0.717, 1.165) is 44.7 Å². The molecule has 0 fully saturated rings. The van der Waals surface area contributed by atoms with Crippen LogP contribution in [0.15, 0.2) is 37.3 Å². The molecule has 0 aliphatic rings. The molecule has 0 bridgehead atoms. The number of halogens is 1. The highest BCUT2D eigenvalue weighted by molar-refractivity contribution is 6.32. The average molecular weight is 478 g/mol. The summed E-state index contributed by atoms with van der Waals surface area (Å²) >= 11 is 6.76. The van der Waals surface area contributed by atoms with E-state index in [2.05, 4.69) is 21.5 Å². The summed E-state index contributed by atoms with van der Waals surface area (Å²) < 4.78 is 7.82. The molecule has 1 atom stereocenters. The number of nitrogens with zero attached hydrogens (tertiary/aromatic N) is 6. The van der Waals surface area contributed by atoms with Gasteiger partial charge in [-0.15, -0.1) is 0 Å². The lowest BCUT2D eigenvalue weighted by Gasteiger charge is -2.23. The molecule has 34 heavy (non-hydrogen) atoms. The number of rotatable bonds is 6. The summed E-state index contributed by atoms with van der Waals surface area (Å²) in [5.41, 5.74) is 12.7. The number of nitrogens with two attached hydrogens (primary N) is 1. The highest BCUT2D eigenvalue weighted by Crippen LogP contribution is 2.43. The van der Waals surface area contributed by atoms with Gasteiger partial charge in [-0.05, 0) is 50.1 Å². The Hall–Kier alpha value is -3.65. The van der Waals surface area contributed by atoms with E-state index in [4.69, 9.17) is 27.2 Å². The second-order valence-electron chi connectivity index (χ2n) is 8.42. The number of aryl methyl sites for hydroxylation is 1. The SMILES string of the molecule is C=C(c1cc(-c2c(C)c(Cl)cc(C(C)n3nc(C)c4c(N)ncnc43)c2OC)ccn1)N(C)C. The lowest BCUT2D eigenvalue weighted by molar-refractivity contribution is 0.402. The van der Waals surface area contributed by atoms with Crippen molar-refractivity contribution in [3.8, 4) is 16.9 Å². The molecule has 0 saturated carbocycles. The molecule has 4 rings (SSSR count). The van der Waals surface area contributed by atoms with E-state index >= 15 is 0 Å². The molecule has 0 aliphatic carbocycles. The highest BCUT2D eigenvalue weighted by Gasteiger charge is 2.25. The van der Waals surface area contributed by atoms with Crippen molar-refractivity contribution in [3.05, 3.63) is 64.8 Å². The molecule has 1 unspecified atom stereocenters. The summed E-state index contributed by atoms with van der Waals surface area (Å²) in [5.74, 6) is 1.12. The van der Waals surface area contributed by atoms with Crippen molar-refractivity contribution in [2.24, 2.45) is 0 Å². The Kier molecular flexibility index (Phi) is 6.18. The molecular weight excluding hydrogens is 450 g/mol. The summed E-state index contributed by atoms with van der Waals surface area (Å²) in [7, 11) is 5.54. The smallest absolute Gasteiger partial charge is 0.164 e. The van der Waals surface area contributed by atoms with E-state index in [1.807, 2.05) is 62.6 Å². The van der Waals surface area contributed by atoms with E-state index in [0.29, 0.717) is 22.2 Å². The number of hydrogen-bond donors (Lipinski definition) is 1. The monoisotopic (exact) mass is 477 g/mol. The lowest BCUT2D eigenvalue weighted by atomic mass is 9.93. The van der Waals surface area contributed by atoms with Crippen molar-refractivity contribution in [2.75, 3.05) is 26.9 Å². The first kappa shape index (κ1) is 23.5. The fourth-order valence-corrected chi connectivity index (χ4v) is 4.38. The largest absolute Gasteiger partial charge is 0.496 e. The number of fused-ring (bicyclic) bond motifs is 1. The Morgan fingerprint density at radius 1 is 1.21 bits per heavy atom. The number of aromatic nitrogens is 5. The van der Waals surface area contributed by atoms with E-state index < -0.39 is 0 Å². The molecule has 3 aromatic heterocycles. The zero-order valence-corrected chi connectivity index (χ0v) is 21.0. The van der Waals surface area contributed by atoms with E-state index in [1.165, 1.54) is 6.33 Å². The average Bonchev–Trinajstić information content (AvgIpc) is 3.17. The molecule has 0 radical (unpaired) electrons. The molecule has 9 heteroatoms.